The van der Waals surface area contributed by atoms with Gasteiger partial charge in [-0.3, -0.25) is 4.68 Å². The van der Waals surface area contributed by atoms with Gasteiger partial charge >= 0.3 is 0 Å². The Morgan fingerprint density at radius 2 is 2.07 bits per heavy atom. The molecule has 0 unspecified atom stereocenters. The van der Waals surface area contributed by atoms with Gasteiger partial charge in [0.15, 0.2) is 5.82 Å². The molecule has 1 aliphatic heterocycles. The summed E-state index contributed by atoms with van der Waals surface area (Å²) in [4.78, 5) is 16.6. The lowest BCUT2D eigenvalue weighted by molar-refractivity contribution is 0.184. The Bertz CT molecular complexity index is 996. The van der Waals surface area contributed by atoms with Gasteiger partial charge in [0, 0.05) is 39.5 Å². The number of ether oxygens (including phenoxy) is 1. The first kappa shape index (κ1) is 20.5. The molecule has 4 heterocycles. The molecule has 1 saturated heterocycles. The molecule has 0 bridgehead atoms. The van der Waals surface area contributed by atoms with Gasteiger partial charge in [0.05, 0.1) is 18.8 Å². The molecule has 0 saturated carbocycles. The first-order valence-electron chi connectivity index (χ1n) is 10.6. The maximum absolute atomic E-state index is 5.31. The van der Waals surface area contributed by atoms with E-state index >= 15 is 0 Å². The normalized spacial score (nSPS) is 14.4. The topological polar surface area (TPSA) is 93.0 Å². The van der Waals surface area contributed by atoms with Crippen LogP contribution < -0.4 is 15.5 Å². The summed E-state index contributed by atoms with van der Waals surface area (Å²) in [5.41, 5.74) is 3.95. The number of nitrogens with one attached hydrogen (secondary N) is 2. The van der Waals surface area contributed by atoms with Gasteiger partial charge in [-0.25, -0.2) is 9.97 Å². The molecule has 0 aromatic carbocycles. The predicted octanol–water partition coefficient (Wildman–Crippen LogP) is 2.28. The number of pyridine rings is 1. The van der Waals surface area contributed by atoms with Crippen LogP contribution >= 0.6 is 0 Å². The Morgan fingerprint density at radius 1 is 1.23 bits per heavy atom. The number of anilines is 3. The van der Waals surface area contributed by atoms with Crippen molar-refractivity contribution in [2.24, 2.45) is 0 Å². The fraction of sp³-hybridized carbons (Fsp3) is 0.524. The van der Waals surface area contributed by atoms with Crippen LogP contribution in [0.15, 0.2) is 18.3 Å². The number of rotatable bonds is 8. The molecule has 0 atom stereocenters. The second-order valence-electron chi connectivity index (χ2n) is 7.56. The van der Waals surface area contributed by atoms with Gasteiger partial charge in [-0.1, -0.05) is 13.3 Å². The number of hydrogen-bond donors (Lipinski definition) is 2. The monoisotopic (exact) mass is 410 g/mol. The second-order valence-corrected chi connectivity index (χ2v) is 7.56. The van der Waals surface area contributed by atoms with Crippen molar-refractivity contribution in [3.63, 3.8) is 0 Å². The van der Waals surface area contributed by atoms with E-state index in [-0.39, 0.29) is 0 Å². The minimum atomic E-state index is 0.573. The number of piperazine rings is 1. The van der Waals surface area contributed by atoms with E-state index in [0.29, 0.717) is 13.2 Å². The molecule has 0 radical (unpaired) electrons. The zero-order valence-corrected chi connectivity index (χ0v) is 18.0. The SMILES string of the molecule is CCCc1nn(CCOC)c2c(Nc3cc(C)ccn3)nc(N3CCNCC3)nc12. The average Bonchev–Trinajstić information content (AvgIpc) is 3.11. The Hall–Kier alpha value is -2.78. The zero-order chi connectivity index (χ0) is 20.9. The lowest BCUT2D eigenvalue weighted by atomic mass is 10.2. The largest absolute Gasteiger partial charge is 0.383 e. The second kappa shape index (κ2) is 9.36. The van der Waals surface area contributed by atoms with Crippen molar-refractivity contribution < 1.29 is 4.74 Å². The molecule has 3 aromatic rings. The summed E-state index contributed by atoms with van der Waals surface area (Å²) in [6.45, 7) is 9.05. The first-order valence-corrected chi connectivity index (χ1v) is 10.6. The Labute approximate surface area is 176 Å². The molecule has 4 rings (SSSR count). The van der Waals surface area contributed by atoms with Crippen LogP contribution in [-0.2, 0) is 17.7 Å². The van der Waals surface area contributed by atoms with Crippen molar-refractivity contribution >= 4 is 28.6 Å². The smallest absolute Gasteiger partial charge is 0.228 e. The van der Waals surface area contributed by atoms with Crippen LogP contribution in [0.25, 0.3) is 11.0 Å². The molecule has 160 valence electrons. The highest BCUT2D eigenvalue weighted by Gasteiger charge is 2.22. The molecule has 30 heavy (non-hydrogen) atoms. The van der Waals surface area contributed by atoms with Crippen molar-refractivity contribution in [1.29, 1.82) is 0 Å². The van der Waals surface area contributed by atoms with Gasteiger partial charge in [0.2, 0.25) is 5.95 Å². The molecule has 1 aliphatic rings. The molecule has 9 nitrogen and oxygen atoms in total. The molecule has 0 aliphatic carbocycles. The minimum absolute atomic E-state index is 0.573. The number of methoxy groups -OCH3 is 1. The number of hydrogen-bond acceptors (Lipinski definition) is 8. The standard InChI is InChI=1S/C21H30N8O/c1-4-5-16-18-19(29(27-16)12-13-30-3)20(24-17-14-15(2)6-7-23-17)26-21(25-18)28-10-8-22-9-11-28/h6-7,14,22H,4-5,8-13H2,1-3H3,(H,23,24,25,26). The van der Waals surface area contributed by atoms with E-state index in [0.717, 1.165) is 78.9 Å². The highest BCUT2D eigenvalue weighted by molar-refractivity contribution is 5.90. The van der Waals surface area contributed by atoms with Crippen molar-refractivity contribution in [3.8, 4) is 0 Å². The molecular weight excluding hydrogens is 380 g/mol. The average molecular weight is 411 g/mol. The van der Waals surface area contributed by atoms with Gasteiger partial charge in [0.1, 0.15) is 16.9 Å². The van der Waals surface area contributed by atoms with E-state index in [1.807, 2.05) is 16.8 Å². The zero-order valence-electron chi connectivity index (χ0n) is 18.0. The summed E-state index contributed by atoms with van der Waals surface area (Å²) >= 11 is 0. The van der Waals surface area contributed by atoms with Crippen LogP contribution in [-0.4, -0.2) is 64.6 Å². The van der Waals surface area contributed by atoms with Crippen molar-refractivity contribution in [2.45, 2.75) is 33.2 Å². The number of fused-ring (bicyclic) bond motifs is 1. The van der Waals surface area contributed by atoms with Crippen LogP contribution in [0.5, 0.6) is 0 Å². The minimum Gasteiger partial charge on any atom is -0.383 e. The summed E-state index contributed by atoms with van der Waals surface area (Å²) < 4.78 is 7.27. The van der Waals surface area contributed by atoms with Crippen LogP contribution in [0.2, 0.25) is 0 Å². The third-order valence-electron chi connectivity index (χ3n) is 5.20. The Balaban J connectivity index is 1.85. The van der Waals surface area contributed by atoms with E-state index < -0.39 is 0 Å². The first-order chi connectivity index (χ1) is 14.7. The van der Waals surface area contributed by atoms with E-state index in [1.165, 1.54) is 0 Å². The molecule has 0 amide bonds. The number of aryl methyl sites for hydroxylation is 2. The van der Waals surface area contributed by atoms with E-state index in [4.69, 9.17) is 19.8 Å². The predicted molar refractivity (Wildman–Crippen MR) is 119 cm³/mol. The van der Waals surface area contributed by atoms with Gasteiger partial charge in [-0.2, -0.15) is 10.1 Å². The third kappa shape index (κ3) is 4.36. The van der Waals surface area contributed by atoms with Gasteiger partial charge in [0.25, 0.3) is 0 Å². The Morgan fingerprint density at radius 3 is 2.80 bits per heavy atom. The summed E-state index contributed by atoms with van der Waals surface area (Å²) in [5, 5.41) is 11.7. The fourth-order valence-corrected chi connectivity index (χ4v) is 3.70. The summed E-state index contributed by atoms with van der Waals surface area (Å²) in [7, 11) is 1.70. The van der Waals surface area contributed by atoms with Crippen molar-refractivity contribution in [2.75, 3.05) is 50.1 Å². The lowest BCUT2D eigenvalue weighted by Gasteiger charge is -2.27. The quantitative estimate of drug-likeness (QED) is 0.584. The fourth-order valence-electron chi connectivity index (χ4n) is 3.70. The third-order valence-corrected chi connectivity index (χ3v) is 5.20. The Kier molecular flexibility index (Phi) is 6.39. The van der Waals surface area contributed by atoms with Crippen LogP contribution in [0.4, 0.5) is 17.6 Å². The molecule has 2 N–H and O–H groups in total. The molecule has 9 heteroatoms. The van der Waals surface area contributed by atoms with E-state index in [2.05, 4.69) is 34.4 Å². The summed E-state index contributed by atoms with van der Waals surface area (Å²) in [5.74, 6) is 2.23. The van der Waals surface area contributed by atoms with Gasteiger partial charge in [-0.05, 0) is 31.0 Å². The maximum atomic E-state index is 5.31. The van der Waals surface area contributed by atoms with Crippen molar-refractivity contribution in [3.05, 3.63) is 29.6 Å². The van der Waals surface area contributed by atoms with Crippen LogP contribution in [0.1, 0.15) is 24.6 Å². The summed E-state index contributed by atoms with van der Waals surface area (Å²) in [6, 6.07) is 4.00. The number of aromatic nitrogens is 5. The van der Waals surface area contributed by atoms with E-state index in [1.54, 1.807) is 13.3 Å². The maximum Gasteiger partial charge on any atom is 0.228 e. The van der Waals surface area contributed by atoms with Crippen LogP contribution in [0, 0.1) is 6.92 Å². The highest BCUT2D eigenvalue weighted by Crippen LogP contribution is 2.29. The highest BCUT2D eigenvalue weighted by atomic mass is 16.5. The summed E-state index contributed by atoms with van der Waals surface area (Å²) in [6.07, 6.45) is 3.68. The molecule has 3 aromatic heterocycles. The van der Waals surface area contributed by atoms with Crippen LogP contribution in [0.3, 0.4) is 0 Å². The molecule has 1 fully saturated rings. The molecule has 0 spiro atoms. The number of nitrogens with zero attached hydrogens (tertiary/aromatic N) is 6. The molecular formula is C21H30N8O. The van der Waals surface area contributed by atoms with Gasteiger partial charge in [-0.15, -0.1) is 0 Å². The lowest BCUT2D eigenvalue weighted by Crippen LogP contribution is -2.44. The van der Waals surface area contributed by atoms with Gasteiger partial charge < -0.3 is 20.3 Å². The van der Waals surface area contributed by atoms with Crippen molar-refractivity contribution in [1.82, 2.24) is 30.0 Å². The van der Waals surface area contributed by atoms with E-state index in [9.17, 15) is 0 Å².